The Bertz CT molecular complexity index is 285. The van der Waals surface area contributed by atoms with Crippen LogP contribution in [0.1, 0.15) is 41.5 Å². The highest BCUT2D eigenvalue weighted by Gasteiger charge is 2.15. The molecule has 0 saturated carbocycles. The lowest BCUT2D eigenvalue weighted by Gasteiger charge is -2.30. The minimum Gasteiger partial charge on any atom is -0.305 e. The van der Waals surface area contributed by atoms with Crippen LogP contribution in [0.4, 0.5) is 0 Å². The number of rotatable bonds is 11. The summed E-state index contributed by atoms with van der Waals surface area (Å²) in [5, 5.41) is 0. The topological polar surface area (TPSA) is 13.0 Å². The van der Waals surface area contributed by atoms with E-state index in [1.54, 1.807) is 0 Å². The highest BCUT2D eigenvalue weighted by Crippen LogP contribution is 2.14. The fourth-order valence-electron chi connectivity index (χ4n) is 3.03. The van der Waals surface area contributed by atoms with Crippen LogP contribution in [-0.2, 0) is 0 Å². The molecule has 24 heavy (non-hydrogen) atoms. The zero-order chi connectivity index (χ0) is 19.0. The molecule has 0 aliphatic heterocycles. The highest BCUT2D eigenvalue weighted by atomic mass is 15.2. The van der Waals surface area contributed by atoms with Gasteiger partial charge in [0.2, 0.25) is 0 Å². The van der Waals surface area contributed by atoms with Crippen molar-refractivity contribution in [2.45, 2.75) is 41.5 Å². The standard InChI is InChI=1S/C20H46N4/c1-19(2,3)17-23(9)15-13-21(7)11-12-22(8)14-16-24(10)18-20(4,5)6/h11-18H2,1-10H3. The average molecular weight is 343 g/mol. The van der Waals surface area contributed by atoms with E-state index >= 15 is 0 Å². The van der Waals surface area contributed by atoms with Gasteiger partial charge in [0.05, 0.1) is 0 Å². The Balaban J connectivity index is 3.84. The summed E-state index contributed by atoms with van der Waals surface area (Å²) in [6.07, 6.45) is 0. The number of hydrogen-bond donors (Lipinski definition) is 0. The van der Waals surface area contributed by atoms with Crippen molar-refractivity contribution in [2.75, 3.05) is 80.5 Å². The molecule has 146 valence electrons. The largest absolute Gasteiger partial charge is 0.305 e. The van der Waals surface area contributed by atoms with E-state index in [2.05, 4.69) is 89.3 Å². The van der Waals surface area contributed by atoms with Crippen molar-refractivity contribution in [1.29, 1.82) is 0 Å². The zero-order valence-corrected chi connectivity index (χ0v) is 18.4. The molecule has 0 heterocycles. The zero-order valence-electron chi connectivity index (χ0n) is 18.4. The predicted octanol–water partition coefficient (Wildman–Crippen LogP) is 2.81. The van der Waals surface area contributed by atoms with E-state index in [4.69, 9.17) is 0 Å². The quantitative estimate of drug-likeness (QED) is 0.572. The van der Waals surface area contributed by atoms with E-state index in [9.17, 15) is 0 Å². The molecule has 0 rings (SSSR count). The van der Waals surface area contributed by atoms with Crippen LogP contribution in [0.15, 0.2) is 0 Å². The van der Waals surface area contributed by atoms with Crippen LogP contribution in [0.5, 0.6) is 0 Å². The maximum atomic E-state index is 2.45. The predicted molar refractivity (Wildman–Crippen MR) is 109 cm³/mol. The molecular weight excluding hydrogens is 296 g/mol. The molecule has 0 aromatic carbocycles. The second-order valence-corrected chi connectivity index (χ2v) is 10.2. The minimum absolute atomic E-state index is 0.382. The Morgan fingerprint density at radius 2 is 0.625 bits per heavy atom. The van der Waals surface area contributed by atoms with Gasteiger partial charge in [-0.1, -0.05) is 41.5 Å². The monoisotopic (exact) mass is 342 g/mol. The second kappa shape index (κ2) is 10.7. The second-order valence-electron chi connectivity index (χ2n) is 10.2. The molecule has 0 fully saturated rings. The van der Waals surface area contributed by atoms with Gasteiger partial charge in [-0.3, -0.25) is 0 Å². The molecule has 0 unspecified atom stereocenters. The summed E-state index contributed by atoms with van der Waals surface area (Å²) in [6.45, 7) is 23.0. The first-order chi connectivity index (χ1) is 10.8. The molecule has 0 N–H and O–H groups in total. The van der Waals surface area contributed by atoms with Gasteiger partial charge in [-0.2, -0.15) is 0 Å². The van der Waals surface area contributed by atoms with Crippen molar-refractivity contribution in [2.24, 2.45) is 10.8 Å². The smallest absolute Gasteiger partial charge is 0.0107 e. The van der Waals surface area contributed by atoms with Gasteiger partial charge in [0.15, 0.2) is 0 Å². The summed E-state index contributed by atoms with van der Waals surface area (Å²) >= 11 is 0. The third-order valence-corrected chi connectivity index (χ3v) is 4.08. The molecule has 0 radical (unpaired) electrons. The molecule has 0 aliphatic carbocycles. The van der Waals surface area contributed by atoms with E-state index in [-0.39, 0.29) is 0 Å². The van der Waals surface area contributed by atoms with Crippen molar-refractivity contribution in [1.82, 2.24) is 19.6 Å². The fourth-order valence-corrected chi connectivity index (χ4v) is 3.03. The molecule has 0 spiro atoms. The molecule has 4 heteroatoms. The number of likely N-dealkylation sites (N-methyl/N-ethyl adjacent to an activating group) is 4. The van der Waals surface area contributed by atoms with E-state index in [0.717, 1.165) is 52.4 Å². The van der Waals surface area contributed by atoms with Crippen molar-refractivity contribution in [3.63, 3.8) is 0 Å². The summed E-state index contributed by atoms with van der Waals surface area (Å²) in [7, 11) is 8.95. The molecular formula is C20H46N4. The number of hydrogen-bond acceptors (Lipinski definition) is 4. The van der Waals surface area contributed by atoms with Crippen molar-refractivity contribution in [3.8, 4) is 0 Å². The molecule has 0 atom stereocenters. The van der Waals surface area contributed by atoms with Gasteiger partial charge in [-0.05, 0) is 39.0 Å². The van der Waals surface area contributed by atoms with Crippen LogP contribution in [0.2, 0.25) is 0 Å². The Kier molecular flexibility index (Phi) is 10.7. The van der Waals surface area contributed by atoms with Gasteiger partial charge in [0.25, 0.3) is 0 Å². The summed E-state index contributed by atoms with van der Waals surface area (Å²) < 4.78 is 0. The van der Waals surface area contributed by atoms with Crippen LogP contribution in [-0.4, -0.2) is 100 Å². The van der Waals surface area contributed by atoms with Gasteiger partial charge in [0.1, 0.15) is 0 Å². The van der Waals surface area contributed by atoms with E-state index < -0.39 is 0 Å². The van der Waals surface area contributed by atoms with Crippen LogP contribution in [0, 0.1) is 10.8 Å². The molecule has 4 nitrogen and oxygen atoms in total. The maximum absolute atomic E-state index is 2.45. The maximum Gasteiger partial charge on any atom is 0.0107 e. The van der Waals surface area contributed by atoms with E-state index in [1.165, 1.54) is 0 Å². The van der Waals surface area contributed by atoms with Crippen LogP contribution < -0.4 is 0 Å². The third kappa shape index (κ3) is 15.4. The Morgan fingerprint density at radius 1 is 0.417 bits per heavy atom. The highest BCUT2D eigenvalue weighted by molar-refractivity contribution is 4.69. The molecule has 0 bridgehead atoms. The van der Waals surface area contributed by atoms with Crippen LogP contribution >= 0.6 is 0 Å². The lowest BCUT2D eigenvalue weighted by molar-refractivity contribution is 0.177. The molecule has 0 saturated heterocycles. The number of nitrogens with zero attached hydrogens (tertiary/aromatic N) is 4. The Morgan fingerprint density at radius 3 is 0.833 bits per heavy atom. The van der Waals surface area contributed by atoms with Gasteiger partial charge in [0, 0.05) is 52.4 Å². The molecule has 0 aromatic heterocycles. The first kappa shape index (κ1) is 23.8. The molecule has 0 aliphatic rings. The van der Waals surface area contributed by atoms with Crippen molar-refractivity contribution in [3.05, 3.63) is 0 Å². The summed E-state index contributed by atoms with van der Waals surface area (Å²) in [6, 6.07) is 0. The Hall–Kier alpha value is -0.160. The molecule has 0 amide bonds. The van der Waals surface area contributed by atoms with Gasteiger partial charge in [-0.15, -0.1) is 0 Å². The van der Waals surface area contributed by atoms with E-state index in [1.807, 2.05) is 0 Å². The summed E-state index contributed by atoms with van der Waals surface area (Å²) in [4.78, 5) is 9.80. The normalized spacial score (nSPS) is 13.8. The van der Waals surface area contributed by atoms with Gasteiger partial charge < -0.3 is 19.6 Å². The van der Waals surface area contributed by atoms with Crippen molar-refractivity contribution >= 4 is 0 Å². The average Bonchev–Trinajstić information content (AvgIpc) is 2.36. The first-order valence-corrected chi connectivity index (χ1v) is 9.53. The minimum atomic E-state index is 0.382. The third-order valence-electron chi connectivity index (χ3n) is 4.08. The molecule has 0 aromatic rings. The summed E-state index contributed by atoms with van der Waals surface area (Å²) in [5.41, 5.74) is 0.763. The SMILES string of the molecule is CN(CCN(C)CCN(C)CC(C)(C)C)CCN(C)CC(C)(C)C. The van der Waals surface area contributed by atoms with Gasteiger partial charge >= 0.3 is 0 Å². The van der Waals surface area contributed by atoms with Crippen LogP contribution in [0.25, 0.3) is 0 Å². The fraction of sp³-hybridized carbons (Fsp3) is 1.00. The van der Waals surface area contributed by atoms with Crippen LogP contribution in [0.3, 0.4) is 0 Å². The Labute approximate surface area is 153 Å². The van der Waals surface area contributed by atoms with E-state index in [0.29, 0.717) is 10.8 Å². The van der Waals surface area contributed by atoms with Crippen molar-refractivity contribution < 1.29 is 0 Å². The lowest BCUT2D eigenvalue weighted by Crippen LogP contribution is -2.40. The lowest BCUT2D eigenvalue weighted by atomic mass is 9.96. The first-order valence-electron chi connectivity index (χ1n) is 9.53. The van der Waals surface area contributed by atoms with Gasteiger partial charge in [-0.25, -0.2) is 0 Å². The summed E-state index contributed by atoms with van der Waals surface area (Å²) in [5.74, 6) is 0.